The molecule has 2 aliphatic rings. The zero-order valence-electron chi connectivity index (χ0n) is 11.5. The number of nitrogens with two attached hydrogens (primary N) is 1. The van der Waals surface area contributed by atoms with Gasteiger partial charge in [0.2, 0.25) is 0 Å². The predicted octanol–water partition coefficient (Wildman–Crippen LogP) is 2.49. The molecule has 4 rings (SSSR count). The van der Waals surface area contributed by atoms with E-state index in [4.69, 9.17) is 15.6 Å². The average Bonchev–Trinajstić information content (AvgIpc) is 2.97. The van der Waals surface area contributed by atoms with E-state index >= 15 is 0 Å². The first kappa shape index (κ1) is 12.5. The van der Waals surface area contributed by atoms with Crippen LogP contribution in [0.15, 0.2) is 0 Å². The molecule has 3 N–H and O–H groups in total. The summed E-state index contributed by atoms with van der Waals surface area (Å²) in [5, 5.41) is 1.12. The molecule has 1 fully saturated rings. The molecule has 2 aromatic heterocycles. The van der Waals surface area contributed by atoms with Crippen molar-refractivity contribution in [3.05, 3.63) is 16.3 Å². The summed E-state index contributed by atoms with van der Waals surface area (Å²) in [4.78, 5) is 12.0. The Morgan fingerprint density at radius 3 is 2.75 bits per heavy atom. The molecular formula is C14H18N4OS. The molecule has 0 spiro atoms. The molecular weight excluding hydrogens is 272 g/mol. The number of anilines is 1. The van der Waals surface area contributed by atoms with Gasteiger partial charge >= 0.3 is 0 Å². The number of nitrogens with one attached hydrogen (secondary N) is 1. The first-order valence-electron chi connectivity index (χ1n) is 7.12. The van der Waals surface area contributed by atoms with Gasteiger partial charge in [-0.3, -0.25) is 0 Å². The number of aromatic nitrogens is 2. The van der Waals surface area contributed by atoms with Crippen LogP contribution in [0.4, 0.5) is 5.82 Å². The molecule has 2 aromatic rings. The Bertz CT molecular complexity index is 672. The number of hydrogen-bond donors (Lipinski definition) is 2. The van der Waals surface area contributed by atoms with E-state index in [0.29, 0.717) is 0 Å². The van der Waals surface area contributed by atoms with Crippen molar-refractivity contribution in [2.75, 3.05) is 12.5 Å². The Morgan fingerprint density at radius 2 is 2.10 bits per heavy atom. The van der Waals surface area contributed by atoms with Gasteiger partial charge in [0.25, 0.3) is 0 Å². The summed E-state index contributed by atoms with van der Waals surface area (Å²) in [6, 6.07) is 0. The summed E-state index contributed by atoms with van der Waals surface area (Å²) < 4.78 is 5.70. The number of nitrogens with zero attached hydrogens (tertiary/aromatic N) is 2. The highest BCUT2D eigenvalue weighted by Gasteiger charge is 2.42. The van der Waals surface area contributed by atoms with Crippen LogP contribution in [0.1, 0.15) is 41.9 Å². The van der Waals surface area contributed by atoms with E-state index in [-0.39, 0.29) is 5.60 Å². The Balaban J connectivity index is 1.93. The monoisotopic (exact) mass is 290 g/mol. The number of fused-ring (bicyclic) bond motifs is 3. The fraction of sp³-hybridized carbons (Fsp3) is 0.571. The number of nitrogen functional groups attached to an aromatic ring is 1. The Hall–Kier alpha value is -1.24. The van der Waals surface area contributed by atoms with Gasteiger partial charge in [-0.1, -0.05) is 0 Å². The standard InChI is InChI=1S/C14H18N4OS/c1-19-14(6-3-7-14)13-16-11(18-15)10-8-4-2-5-9(8)20-12(10)17-13/h2-7,15H2,1H3,(H,16,17,18). The van der Waals surface area contributed by atoms with Gasteiger partial charge in [0.05, 0.1) is 5.39 Å². The van der Waals surface area contributed by atoms with E-state index in [2.05, 4.69) is 10.4 Å². The fourth-order valence-corrected chi connectivity index (χ4v) is 4.58. The summed E-state index contributed by atoms with van der Waals surface area (Å²) in [6.07, 6.45) is 6.65. The highest BCUT2D eigenvalue weighted by molar-refractivity contribution is 7.19. The molecule has 0 aliphatic heterocycles. The smallest absolute Gasteiger partial charge is 0.164 e. The van der Waals surface area contributed by atoms with Crippen molar-refractivity contribution in [1.82, 2.24) is 9.97 Å². The minimum absolute atomic E-state index is 0.297. The normalized spacial score (nSPS) is 19.9. The quantitative estimate of drug-likeness (QED) is 0.671. The number of thiophene rings is 1. The molecule has 20 heavy (non-hydrogen) atoms. The van der Waals surface area contributed by atoms with Gasteiger partial charge in [-0.05, 0) is 44.1 Å². The van der Waals surface area contributed by atoms with E-state index < -0.39 is 0 Å². The van der Waals surface area contributed by atoms with Crippen molar-refractivity contribution in [1.29, 1.82) is 0 Å². The van der Waals surface area contributed by atoms with Crippen LogP contribution < -0.4 is 11.3 Å². The average molecular weight is 290 g/mol. The summed E-state index contributed by atoms with van der Waals surface area (Å²) in [6.45, 7) is 0. The van der Waals surface area contributed by atoms with Crippen molar-refractivity contribution >= 4 is 27.4 Å². The maximum Gasteiger partial charge on any atom is 0.164 e. The van der Waals surface area contributed by atoms with Gasteiger partial charge in [-0.15, -0.1) is 11.3 Å². The molecule has 0 bridgehead atoms. The van der Waals surface area contributed by atoms with Crippen molar-refractivity contribution in [3.63, 3.8) is 0 Å². The first-order chi connectivity index (χ1) is 9.77. The van der Waals surface area contributed by atoms with Gasteiger partial charge in [-0.25, -0.2) is 15.8 Å². The van der Waals surface area contributed by atoms with Crippen LogP contribution in [0.3, 0.4) is 0 Å². The van der Waals surface area contributed by atoms with Crippen molar-refractivity contribution < 1.29 is 4.74 Å². The van der Waals surface area contributed by atoms with E-state index in [1.807, 2.05) is 0 Å². The molecule has 5 nitrogen and oxygen atoms in total. The fourth-order valence-electron chi connectivity index (χ4n) is 3.32. The lowest BCUT2D eigenvalue weighted by Crippen LogP contribution is -2.38. The molecule has 0 saturated heterocycles. The third-order valence-electron chi connectivity index (χ3n) is 4.66. The zero-order valence-corrected chi connectivity index (χ0v) is 12.3. The summed E-state index contributed by atoms with van der Waals surface area (Å²) in [5.74, 6) is 7.25. The minimum atomic E-state index is -0.297. The van der Waals surface area contributed by atoms with Crippen LogP contribution in [0.5, 0.6) is 0 Å². The molecule has 0 unspecified atom stereocenters. The van der Waals surface area contributed by atoms with Gasteiger partial charge in [-0.2, -0.15) is 0 Å². The molecule has 0 atom stereocenters. The van der Waals surface area contributed by atoms with E-state index in [1.54, 1.807) is 18.4 Å². The molecule has 2 aliphatic carbocycles. The van der Waals surface area contributed by atoms with Crippen LogP contribution in [-0.2, 0) is 23.2 Å². The van der Waals surface area contributed by atoms with Crippen molar-refractivity contribution in [2.45, 2.75) is 44.1 Å². The molecule has 6 heteroatoms. The summed E-state index contributed by atoms with van der Waals surface area (Å²) in [7, 11) is 1.75. The molecule has 0 aromatic carbocycles. The lowest BCUT2D eigenvalue weighted by molar-refractivity contribution is -0.0843. The second kappa shape index (κ2) is 4.38. The second-order valence-electron chi connectivity index (χ2n) is 5.63. The topological polar surface area (TPSA) is 73.1 Å². The summed E-state index contributed by atoms with van der Waals surface area (Å²) in [5.41, 5.74) is 3.87. The molecule has 1 saturated carbocycles. The number of hydrogen-bond acceptors (Lipinski definition) is 6. The minimum Gasteiger partial charge on any atom is -0.370 e. The lowest BCUT2D eigenvalue weighted by Gasteiger charge is -2.38. The predicted molar refractivity (Wildman–Crippen MR) is 79.8 cm³/mol. The van der Waals surface area contributed by atoms with Gasteiger partial charge < -0.3 is 10.2 Å². The van der Waals surface area contributed by atoms with E-state index in [1.165, 1.54) is 23.3 Å². The SMILES string of the molecule is COC1(c2nc(NN)c3c4c(sc3n2)CCC4)CCC1. The third-order valence-corrected chi connectivity index (χ3v) is 5.85. The zero-order chi connectivity index (χ0) is 13.7. The van der Waals surface area contributed by atoms with Crippen LogP contribution in [-0.4, -0.2) is 17.1 Å². The largest absolute Gasteiger partial charge is 0.370 e. The highest BCUT2D eigenvalue weighted by atomic mass is 32.1. The van der Waals surface area contributed by atoms with Crippen molar-refractivity contribution in [2.24, 2.45) is 5.84 Å². The maximum atomic E-state index is 5.71. The molecule has 0 amide bonds. The number of hydrazine groups is 1. The molecule has 0 radical (unpaired) electrons. The molecule has 2 heterocycles. The Morgan fingerprint density at radius 1 is 1.25 bits per heavy atom. The van der Waals surface area contributed by atoms with Crippen LogP contribution in [0, 0.1) is 0 Å². The Labute approximate surface area is 121 Å². The third kappa shape index (κ3) is 1.55. The van der Waals surface area contributed by atoms with Gasteiger partial charge in [0.1, 0.15) is 10.4 Å². The van der Waals surface area contributed by atoms with Crippen LogP contribution >= 0.6 is 11.3 Å². The van der Waals surface area contributed by atoms with Gasteiger partial charge in [0, 0.05) is 12.0 Å². The van der Waals surface area contributed by atoms with E-state index in [9.17, 15) is 0 Å². The Kier molecular flexibility index (Phi) is 2.73. The number of aryl methyl sites for hydroxylation is 2. The van der Waals surface area contributed by atoms with Crippen molar-refractivity contribution in [3.8, 4) is 0 Å². The maximum absolute atomic E-state index is 5.71. The molecule has 106 valence electrons. The van der Waals surface area contributed by atoms with E-state index in [0.717, 1.165) is 47.5 Å². The highest BCUT2D eigenvalue weighted by Crippen LogP contribution is 2.45. The number of methoxy groups -OCH3 is 1. The van der Waals surface area contributed by atoms with Gasteiger partial charge in [0.15, 0.2) is 11.6 Å². The number of ether oxygens (including phenoxy) is 1. The second-order valence-corrected chi connectivity index (χ2v) is 6.71. The lowest BCUT2D eigenvalue weighted by atomic mass is 9.79. The van der Waals surface area contributed by atoms with Crippen LogP contribution in [0.2, 0.25) is 0 Å². The number of rotatable bonds is 3. The summed E-state index contributed by atoms with van der Waals surface area (Å²) >= 11 is 1.79. The van der Waals surface area contributed by atoms with Crippen LogP contribution in [0.25, 0.3) is 10.2 Å². The first-order valence-corrected chi connectivity index (χ1v) is 7.93.